The highest BCUT2D eigenvalue weighted by molar-refractivity contribution is 5.97. The van der Waals surface area contributed by atoms with E-state index in [4.69, 9.17) is 9.47 Å². The van der Waals surface area contributed by atoms with Gasteiger partial charge < -0.3 is 29.5 Å². The van der Waals surface area contributed by atoms with Gasteiger partial charge in [0.25, 0.3) is 5.91 Å². The van der Waals surface area contributed by atoms with Gasteiger partial charge in [-0.05, 0) is 49.4 Å². The van der Waals surface area contributed by atoms with Gasteiger partial charge in [0.1, 0.15) is 23.7 Å². The van der Waals surface area contributed by atoms with Crippen molar-refractivity contribution in [3.63, 3.8) is 0 Å². The molecule has 0 aliphatic carbocycles. The topological polar surface area (TPSA) is 85.7 Å². The van der Waals surface area contributed by atoms with E-state index in [2.05, 4.69) is 17.0 Å². The molecule has 2 aromatic carbocycles. The number of β-amino-alcohol motifs (C(OH)–C–C–N with tert-alkyl or cyclic N) is 2. The predicted molar refractivity (Wildman–Crippen MR) is 146 cm³/mol. The van der Waals surface area contributed by atoms with Crippen molar-refractivity contribution in [1.29, 1.82) is 0 Å². The van der Waals surface area contributed by atoms with Crippen LogP contribution in [0.4, 0.5) is 13.2 Å². The smallest absolute Gasteiger partial charge is 0.415 e. The van der Waals surface area contributed by atoms with Crippen LogP contribution in [0.3, 0.4) is 0 Å². The van der Waals surface area contributed by atoms with Gasteiger partial charge in [-0.3, -0.25) is 9.69 Å². The van der Waals surface area contributed by atoms with Crippen LogP contribution in [0.2, 0.25) is 0 Å². The minimum absolute atomic E-state index is 0.195. The lowest BCUT2D eigenvalue weighted by molar-refractivity contribution is -0.208. The summed E-state index contributed by atoms with van der Waals surface area (Å²) in [4.78, 5) is 18.9. The highest BCUT2D eigenvalue weighted by Crippen LogP contribution is 2.31. The first-order chi connectivity index (χ1) is 19.5. The van der Waals surface area contributed by atoms with E-state index in [1.165, 1.54) is 11.1 Å². The maximum Gasteiger partial charge on any atom is 0.415 e. The molecule has 3 aliphatic heterocycles. The van der Waals surface area contributed by atoms with Crippen LogP contribution >= 0.6 is 0 Å². The van der Waals surface area contributed by atoms with Crippen LogP contribution in [0.1, 0.15) is 41.3 Å². The van der Waals surface area contributed by atoms with Crippen molar-refractivity contribution in [2.75, 3.05) is 45.8 Å². The lowest BCUT2D eigenvalue weighted by Crippen LogP contribution is -2.45. The Hall–Kier alpha value is -2.86. The molecule has 3 heterocycles. The minimum atomic E-state index is -4.63. The standard InChI is InChI=1S/C30H38F3N3O5/c1-20-15-36(18-23(37)17-35-11-8-21-4-2-3-5-22(21)16-35)29(39)26-7-6-25(14-27(26)40-20)41-24-9-12-34(13-10-24)19-28(38)30(31,32)33/h2-7,14,20,23-24,28,37-38H,8-13,15-19H2,1H3/t20-,23?,28?/m1/s1. The Bertz CT molecular complexity index is 1200. The third kappa shape index (κ3) is 7.51. The fourth-order valence-corrected chi connectivity index (χ4v) is 5.90. The van der Waals surface area contributed by atoms with E-state index in [1.807, 2.05) is 19.1 Å². The van der Waals surface area contributed by atoms with E-state index in [9.17, 15) is 28.2 Å². The van der Waals surface area contributed by atoms with Gasteiger partial charge in [0, 0.05) is 51.9 Å². The number of aliphatic hydroxyl groups excluding tert-OH is 2. The lowest BCUT2D eigenvalue weighted by atomic mass is 10.00. The van der Waals surface area contributed by atoms with Crippen molar-refractivity contribution in [2.45, 2.75) is 63.3 Å². The molecule has 2 N–H and O–H groups in total. The average molecular weight is 578 g/mol. The molecule has 224 valence electrons. The number of hydrogen-bond acceptors (Lipinski definition) is 7. The Morgan fingerprint density at radius 1 is 1.00 bits per heavy atom. The van der Waals surface area contributed by atoms with Crippen molar-refractivity contribution in [1.82, 2.24) is 14.7 Å². The number of benzene rings is 2. The highest BCUT2D eigenvalue weighted by atomic mass is 19.4. The number of likely N-dealkylation sites (tertiary alicyclic amines) is 1. The van der Waals surface area contributed by atoms with Gasteiger partial charge in [0.15, 0.2) is 6.10 Å². The van der Waals surface area contributed by atoms with Crippen molar-refractivity contribution >= 4 is 5.91 Å². The van der Waals surface area contributed by atoms with Gasteiger partial charge in [-0.25, -0.2) is 0 Å². The monoisotopic (exact) mass is 577 g/mol. The molecule has 0 spiro atoms. The summed E-state index contributed by atoms with van der Waals surface area (Å²) in [7, 11) is 0. The Balaban J connectivity index is 1.15. The van der Waals surface area contributed by atoms with Crippen molar-refractivity contribution in [2.24, 2.45) is 0 Å². The molecule has 1 saturated heterocycles. The van der Waals surface area contributed by atoms with Crippen LogP contribution in [0, 0.1) is 0 Å². The third-order valence-electron chi connectivity index (χ3n) is 8.03. The molecular weight excluding hydrogens is 539 g/mol. The Kier molecular flexibility index (Phi) is 9.08. The molecule has 2 aromatic rings. The van der Waals surface area contributed by atoms with E-state index in [1.54, 1.807) is 28.0 Å². The maximum absolute atomic E-state index is 13.4. The number of carbonyl (C=O) groups is 1. The van der Waals surface area contributed by atoms with Crippen molar-refractivity contribution in [3.8, 4) is 11.5 Å². The first-order valence-corrected chi connectivity index (χ1v) is 14.3. The SMILES string of the molecule is C[C@@H]1CN(CC(O)CN2CCc3ccccc3C2)C(=O)c2ccc(OC3CCN(CC(O)C(F)(F)F)CC3)cc2O1. The van der Waals surface area contributed by atoms with E-state index >= 15 is 0 Å². The number of carbonyl (C=O) groups excluding carboxylic acids is 1. The molecule has 1 fully saturated rings. The third-order valence-corrected chi connectivity index (χ3v) is 8.03. The second-order valence-electron chi connectivity index (χ2n) is 11.4. The number of piperidine rings is 1. The zero-order valence-electron chi connectivity index (χ0n) is 23.2. The predicted octanol–water partition coefficient (Wildman–Crippen LogP) is 3.10. The van der Waals surface area contributed by atoms with E-state index < -0.39 is 24.9 Å². The molecule has 11 heteroatoms. The molecule has 0 radical (unpaired) electrons. The molecule has 0 aromatic heterocycles. The maximum atomic E-state index is 13.4. The van der Waals surface area contributed by atoms with E-state index in [0.717, 1.165) is 19.5 Å². The molecule has 3 aliphatic rings. The van der Waals surface area contributed by atoms with Crippen molar-refractivity contribution < 1.29 is 37.7 Å². The van der Waals surface area contributed by atoms with E-state index in [-0.39, 0.29) is 24.7 Å². The summed E-state index contributed by atoms with van der Waals surface area (Å²) in [6, 6.07) is 13.4. The number of hydrogen-bond donors (Lipinski definition) is 2. The zero-order chi connectivity index (χ0) is 29.1. The fraction of sp³-hybridized carbons (Fsp3) is 0.567. The summed E-state index contributed by atoms with van der Waals surface area (Å²) in [5, 5.41) is 20.2. The molecule has 41 heavy (non-hydrogen) atoms. The summed E-state index contributed by atoms with van der Waals surface area (Å²) >= 11 is 0. The number of nitrogens with zero attached hydrogens (tertiary/aromatic N) is 3. The Labute approximate surface area is 238 Å². The van der Waals surface area contributed by atoms with Crippen LogP contribution in [0.15, 0.2) is 42.5 Å². The lowest BCUT2D eigenvalue weighted by Gasteiger charge is -2.33. The van der Waals surface area contributed by atoms with Gasteiger partial charge in [-0.15, -0.1) is 0 Å². The van der Waals surface area contributed by atoms with Gasteiger partial charge in [-0.1, -0.05) is 24.3 Å². The van der Waals surface area contributed by atoms with Gasteiger partial charge >= 0.3 is 6.18 Å². The summed E-state index contributed by atoms with van der Waals surface area (Å²) in [6.07, 6.45) is -6.20. The van der Waals surface area contributed by atoms with Crippen molar-refractivity contribution in [3.05, 3.63) is 59.2 Å². The number of amides is 1. The molecule has 8 nitrogen and oxygen atoms in total. The summed E-state index contributed by atoms with van der Waals surface area (Å²) in [6.45, 7) is 4.85. The second kappa shape index (κ2) is 12.6. The number of ether oxygens (including phenoxy) is 2. The Morgan fingerprint density at radius 3 is 2.46 bits per heavy atom. The summed E-state index contributed by atoms with van der Waals surface area (Å²) in [5.74, 6) is 0.724. The normalized spacial score (nSPS) is 22.3. The van der Waals surface area contributed by atoms with Gasteiger partial charge in [0.2, 0.25) is 0 Å². The van der Waals surface area contributed by atoms with Crippen LogP contribution < -0.4 is 9.47 Å². The first-order valence-electron chi connectivity index (χ1n) is 14.3. The highest BCUT2D eigenvalue weighted by Gasteiger charge is 2.39. The number of fused-ring (bicyclic) bond motifs is 2. The van der Waals surface area contributed by atoms with Gasteiger partial charge in [0.05, 0.1) is 18.2 Å². The number of rotatable bonds is 8. The van der Waals surface area contributed by atoms with Crippen LogP contribution in [-0.4, -0.2) is 107 Å². The largest absolute Gasteiger partial charge is 0.490 e. The second-order valence-corrected chi connectivity index (χ2v) is 11.4. The molecule has 2 unspecified atom stereocenters. The number of aliphatic hydroxyl groups is 2. The average Bonchev–Trinajstić information content (AvgIpc) is 3.04. The number of alkyl halides is 3. The Morgan fingerprint density at radius 2 is 1.73 bits per heavy atom. The fourth-order valence-electron chi connectivity index (χ4n) is 5.90. The molecule has 1 amide bonds. The summed E-state index contributed by atoms with van der Waals surface area (Å²) in [5.41, 5.74) is 3.02. The number of halogens is 3. The summed E-state index contributed by atoms with van der Waals surface area (Å²) < 4.78 is 50.2. The van der Waals surface area contributed by atoms with Crippen LogP contribution in [0.25, 0.3) is 0 Å². The first kappa shape index (κ1) is 29.6. The quantitative estimate of drug-likeness (QED) is 0.499. The molecule has 0 saturated carbocycles. The molecule has 5 rings (SSSR count). The molecule has 3 atom stereocenters. The minimum Gasteiger partial charge on any atom is -0.490 e. The van der Waals surface area contributed by atoms with Crippen LogP contribution in [0.5, 0.6) is 11.5 Å². The molecular formula is C30H38F3N3O5. The van der Waals surface area contributed by atoms with E-state index in [0.29, 0.717) is 56.1 Å². The van der Waals surface area contributed by atoms with Gasteiger partial charge in [-0.2, -0.15) is 13.2 Å². The molecule has 0 bridgehead atoms. The van der Waals surface area contributed by atoms with Crippen LogP contribution in [-0.2, 0) is 13.0 Å². The zero-order valence-corrected chi connectivity index (χ0v) is 23.2.